The van der Waals surface area contributed by atoms with Crippen molar-refractivity contribution in [2.75, 3.05) is 14.1 Å². The molecule has 90 valence electrons. The smallest absolute Gasteiger partial charge is 0.214 e. The van der Waals surface area contributed by atoms with E-state index in [4.69, 9.17) is 0 Å². The highest BCUT2D eigenvalue weighted by molar-refractivity contribution is 5.99. The van der Waals surface area contributed by atoms with Crippen LogP contribution in [0.3, 0.4) is 0 Å². The Balaban J connectivity index is 3.62. The molecule has 1 saturated carbocycles. The van der Waals surface area contributed by atoms with E-state index >= 15 is 0 Å². The minimum Gasteiger partial charge on any atom is -0.303 e. The van der Waals surface area contributed by atoms with Gasteiger partial charge in [0.05, 0.1) is 30.0 Å². The van der Waals surface area contributed by atoms with Gasteiger partial charge in [0.2, 0.25) is 5.41 Å². The van der Waals surface area contributed by atoms with Crippen LogP contribution in [0.25, 0.3) is 0 Å². The van der Waals surface area contributed by atoms with E-state index in [1.807, 2.05) is 24.3 Å². The molecular weight excluding hydrogens is 228 g/mol. The van der Waals surface area contributed by atoms with Gasteiger partial charge >= 0.3 is 0 Å². The lowest BCUT2D eigenvalue weighted by atomic mass is 9.65. The van der Waals surface area contributed by atoms with Crippen LogP contribution < -0.4 is 0 Å². The Bertz CT molecular complexity index is 517. The van der Waals surface area contributed by atoms with Crippen molar-refractivity contribution in [1.29, 1.82) is 21.0 Å². The van der Waals surface area contributed by atoms with E-state index in [-0.39, 0.29) is 5.71 Å². The molecule has 18 heavy (non-hydrogen) atoms. The van der Waals surface area contributed by atoms with Crippen LogP contribution in [0.5, 0.6) is 0 Å². The molecular formula is C12H12N6. The molecule has 0 saturated heterocycles. The number of hydrogen-bond acceptors (Lipinski definition) is 6. The van der Waals surface area contributed by atoms with Crippen molar-refractivity contribution in [3.63, 3.8) is 0 Å². The topological polar surface area (TPSA) is 111 Å². The van der Waals surface area contributed by atoms with Crippen molar-refractivity contribution >= 4 is 5.71 Å². The minimum atomic E-state index is -1.79. The van der Waals surface area contributed by atoms with Crippen molar-refractivity contribution in [3.05, 3.63) is 0 Å². The van der Waals surface area contributed by atoms with E-state index in [9.17, 15) is 21.0 Å². The van der Waals surface area contributed by atoms with Crippen LogP contribution in [0.15, 0.2) is 5.10 Å². The zero-order chi connectivity index (χ0) is 14.0. The molecule has 0 spiro atoms. The molecule has 0 N–H and O–H groups in total. The fourth-order valence-corrected chi connectivity index (χ4v) is 2.29. The quantitative estimate of drug-likeness (QED) is 0.635. The van der Waals surface area contributed by atoms with Gasteiger partial charge in [0.15, 0.2) is 5.41 Å². The van der Waals surface area contributed by atoms with Gasteiger partial charge in [-0.15, -0.1) is 0 Å². The number of rotatable bonds is 1. The first kappa shape index (κ1) is 13.5. The number of nitriles is 4. The van der Waals surface area contributed by atoms with Crippen LogP contribution in [0.1, 0.15) is 13.3 Å². The summed E-state index contributed by atoms with van der Waals surface area (Å²) in [4.78, 5) is 0. The first-order chi connectivity index (χ1) is 8.44. The Hall–Kier alpha value is -2.57. The summed E-state index contributed by atoms with van der Waals surface area (Å²) >= 11 is 0. The third kappa shape index (κ3) is 1.41. The maximum Gasteiger partial charge on any atom is 0.214 e. The fourth-order valence-electron chi connectivity index (χ4n) is 2.29. The molecule has 0 aromatic carbocycles. The molecule has 0 aromatic rings. The molecule has 1 rings (SSSR count). The van der Waals surface area contributed by atoms with Gasteiger partial charge in [-0.2, -0.15) is 26.1 Å². The molecule has 0 aromatic heterocycles. The van der Waals surface area contributed by atoms with Crippen LogP contribution in [-0.2, 0) is 0 Å². The highest BCUT2D eigenvalue weighted by atomic mass is 15.4. The molecule has 1 fully saturated rings. The number of nitrogens with zero attached hydrogens (tertiary/aromatic N) is 6. The van der Waals surface area contributed by atoms with Crippen LogP contribution in [-0.4, -0.2) is 24.8 Å². The average molecular weight is 240 g/mol. The number of hydrogen-bond donors (Lipinski definition) is 0. The summed E-state index contributed by atoms with van der Waals surface area (Å²) in [6.45, 7) is 1.69. The monoisotopic (exact) mass is 240 g/mol. The maximum absolute atomic E-state index is 9.34. The highest BCUT2D eigenvalue weighted by Crippen LogP contribution is 2.53. The van der Waals surface area contributed by atoms with Crippen molar-refractivity contribution in [3.8, 4) is 24.3 Å². The largest absolute Gasteiger partial charge is 0.303 e. The molecule has 6 nitrogen and oxygen atoms in total. The average Bonchev–Trinajstić information content (AvgIpc) is 2.57. The predicted molar refractivity (Wildman–Crippen MR) is 62.2 cm³/mol. The predicted octanol–water partition coefficient (Wildman–Crippen LogP) is 1.01. The van der Waals surface area contributed by atoms with Gasteiger partial charge in [-0.25, -0.2) is 0 Å². The summed E-state index contributed by atoms with van der Waals surface area (Å²) in [5, 5.41) is 42.9. The molecule has 0 amide bonds. The highest BCUT2D eigenvalue weighted by Gasteiger charge is 2.66. The third-order valence-corrected chi connectivity index (χ3v) is 3.27. The van der Waals surface area contributed by atoms with Crippen molar-refractivity contribution in [2.24, 2.45) is 21.8 Å². The summed E-state index contributed by atoms with van der Waals surface area (Å²) in [7, 11) is 3.33. The van der Waals surface area contributed by atoms with Gasteiger partial charge in [0, 0.05) is 14.1 Å². The van der Waals surface area contributed by atoms with Crippen LogP contribution in [0.4, 0.5) is 0 Å². The zero-order valence-corrected chi connectivity index (χ0v) is 10.5. The van der Waals surface area contributed by atoms with E-state index in [2.05, 4.69) is 5.10 Å². The fraction of sp³-hybridized carbons (Fsp3) is 0.583. The first-order valence-corrected chi connectivity index (χ1v) is 5.34. The molecule has 0 heterocycles. The number of hydrazone groups is 1. The van der Waals surface area contributed by atoms with Gasteiger partial charge in [0.25, 0.3) is 0 Å². The molecule has 0 radical (unpaired) electrons. The van der Waals surface area contributed by atoms with Crippen molar-refractivity contribution in [1.82, 2.24) is 5.01 Å². The Morgan fingerprint density at radius 3 is 1.94 bits per heavy atom. The van der Waals surface area contributed by atoms with E-state index in [0.29, 0.717) is 6.42 Å². The van der Waals surface area contributed by atoms with Gasteiger partial charge in [-0.1, -0.05) is 6.92 Å². The van der Waals surface area contributed by atoms with Gasteiger partial charge in [0.1, 0.15) is 0 Å². The Morgan fingerprint density at radius 1 is 1.11 bits per heavy atom. The van der Waals surface area contributed by atoms with Crippen molar-refractivity contribution in [2.45, 2.75) is 13.3 Å². The second-order valence-electron chi connectivity index (χ2n) is 4.50. The zero-order valence-electron chi connectivity index (χ0n) is 10.5. The summed E-state index contributed by atoms with van der Waals surface area (Å²) in [5.41, 5.74) is -3.17. The van der Waals surface area contributed by atoms with Gasteiger partial charge < -0.3 is 5.01 Å². The molecule has 1 atom stereocenters. The Labute approximate surface area is 106 Å². The van der Waals surface area contributed by atoms with E-state index < -0.39 is 16.7 Å². The van der Waals surface area contributed by atoms with Crippen LogP contribution in [0, 0.1) is 62.1 Å². The normalized spacial score (nSPS) is 25.5. The third-order valence-electron chi connectivity index (χ3n) is 3.27. The Morgan fingerprint density at radius 2 is 1.61 bits per heavy atom. The lowest BCUT2D eigenvalue weighted by Crippen LogP contribution is -2.40. The first-order valence-electron chi connectivity index (χ1n) is 5.34. The molecule has 1 aliphatic rings. The van der Waals surface area contributed by atoms with Crippen LogP contribution in [0.2, 0.25) is 0 Å². The second-order valence-corrected chi connectivity index (χ2v) is 4.50. The molecule has 1 aliphatic carbocycles. The maximum atomic E-state index is 9.34. The molecule has 0 unspecified atom stereocenters. The van der Waals surface area contributed by atoms with E-state index in [0.717, 1.165) is 0 Å². The lowest BCUT2D eigenvalue weighted by molar-refractivity contribution is 0.316. The SMILES string of the molecule is C[C@@H]1C/C(=N\N(C)C)C(C#N)(C#N)C1(C#N)C#N. The van der Waals surface area contributed by atoms with E-state index in [1.54, 1.807) is 21.0 Å². The van der Waals surface area contributed by atoms with E-state index in [1.165, 1.54) is 5.01 Å². The Kier molecular flexibility index (Phi) is 3.27. The van der Waals surface area contributed by atoms with Gasteiger partial charge in [-0.05, 0) is 12.3 Å². The summed E-state index contributed by atoms with van der Waals surface area (Å²) in [6.07, 6.45) is 0.292. The summed E-state index contributed by atoms with van der Waals surface area (Å²) in [6, 6.07) is 7.42. The standard InChI is InChI=1S/C12H12N6/c1-9-4-10(17-18(2)3)12(7-15,8-16)11(9,5-13)6-14/h9H,4H2,1-3H3/b17-10+/t9-/m1/s1. The molecule has 6 heteroatoms. The minimum absolute atomic E-state index is 0.285. The lowest BCUT2D eigenvalue weighted by Gasteiger charge is -2.26. The summed E-state index contributed by atoms with van der Waals surface area (Å²) in [5.74, 6) is -0.412. The summed E-state index contributed by atoms with van der Waals surface area (Å²) < 4.78 is 0. The molecule has 0 bridgehead atoms. The second kappa shape index (κ2) is 4.36. The van der Waals surface area contributed by atoms with Crippen LogP contribution >= 0.6 is 0 Å². The molecule has 0 aliphatic heterocycles. The van der Waals surface area contributed by atoms with Crippen molar-refractivity contribution < 1.29 is 0 Å². The van der Waals surface area contributed by atoms with Gasteiger partial charge in [-0.3, -0.25) is 0 Å².